The number of hydrogen-bond donors (Lipinski definition) is 0. The number of aromatic nitrogens is 1. The lowest BCUT2D eigenvalue weighted by Gasteiger charge is -2.17. The molecular formula is C13H12N4O2. The molecule has 0 aliphatic carbocycles. The summed E-state index contributed by atoms with van der Waals surface area (Å²) in [6.45, 7) is 0.685. The summed E-state index contributed by atoms with van der Waals surface area (Å²) in [4.78, 5) is 18.5. The van der Waals surface area contributed by atoms with Gasteiger partial charge in [-0.25, -0.2) is 4.98 Å². The van der Waals surface area contributed by atoms with Crippen LogP contribution < -0.4 is 9.80 Å². The molecule has 0 atom stereocenters. The fraction of sp³-hybridized carbons (Fsp3) is 0.154. The van der Waals surface area contributed by atoms with Crippen molar-refractivity contribution in [1.82, 2.24) is 4.98 Å². The Morgan fingerprint density at radius 3 is 2.58 bits per heavy atom. The molecular weight excluding hydrogens is 244 g/mol. The quantitative estimate of drug-likeness (QED) is 0.610. The monoisotopic (exact) mass is 256 g/mol. The largest absolute Gasteiger partial charge is 0.355 e. The van der Waals surface area contributed by atoms with Crippen molar-refractivity contribution in [1.29, 1.82) is 0 Å². The van der Waals surface area contributed by atoms with E-state index in [2.05, 4.69) is 9.88 Å². The molecule has 2 aromatic rings. The van der Waals surface area contributed by atoms with Gasteiger partial charge < -0.3 is 9.80 Å². The zero-order valence-corrected chi connectivity index (χ0v) is 10.4. The smallest absolute Gasteiger partial charge is 0.287 e. The first-order valence-corrected chi connectivity index (χ1v) is 5.85. The molecule has 0 radical (unpaired) electrons. The number of anilines is 3. The molecule has 1 aromatic heterocycles. The number of benzene rings is 1. The molecule has 0 saturated heterocycles. The van der Waals surface area contributed by atoms with Gasteiger partial charge in [-0.3, -0.25) is 10.1 Å². The lowest BCUT2D eigenvalue weighted by Crippen LogP contribution is -2.24. The molecule has 0 amide bonds. The van der Waals surface area contributed by atoms with Crippen molar-refractivity contribution in [3.63, 3.8) is 0 Å². The first-order chi connectivity index (χ1) is 9.16. The van der Waals surface area contributed by atoms with Gasteiger partial charge in [-0.15, -0.1) is 0 Å². The molecule has 1 aliphatic rings. The van der Waals surface area contributed by atoms with E-state index in [1.165, 1.54) is 12.3 Å². The second-order valence-electron chi connectivity index (χ2n) is 4.39. The molecule has 0 N–H and O–H groups in total. The van der Waals surface area contributed by atoms with Gasteiger partial charge in [0.2, 0.25) is 0 Å². The number of para-hydroxylation sites is 2. The fourth-order valence-corrected chi connectivity index (χ4v) is 2.22. The van der Waals surface area contributed by atoms with E-state index in [9.17, 15) is 10.1 Å². The molecule has 6 heteroatoms. The highest BCUT2D eigenvalue weighted by Crippen LogP contribution is 2.38. The SMILES string of the molecule is CN1CN(c2ccc([N+](=O)[O-])cn2)c2ccccc21. The molecule has 96 valence electrons. The van der Waals surface area contributed by atoms with Crippen LogP contribution in [0.2, 0.25) is 0 Å². The van der Waals surface area contributed by atoms with Crippen LogP contribution in [0.1, 0.15) is 0 Å². The zero-order valence-electron chi connectivity index (χ0n) is 10.4. The zero-order chi connectivity index (χ0) is 13.4. The Labute approximate surface area is 110 Å². The third kappa shape index (κ3) is 1.87. The summed E-state index contributed by atoms with van der Waals surface area (Å²) in [7, 11) is 2.00. The summed E-state index contributed by atoms with van der Waals surface area (Å²) in [5.74, 6) is 0.711. The molecule has 0 unspecified atom stereocenters. The van der Waals surface area contributed by atoms with Crippen LogP contribution >= 0.6 is 0 Å². The van der Waals surface area contributed by atoms with E-state index in [-0.39, 0.29) is 5.69 Å². The Morgan fingerprint density at radius 1 is 1.21 bits per heavy atom. The van der Waals surface area contributed by atoms with Crippen LogP contribution in [-0.4, -0.2) is 23.6 Å². The minimum Gasteiger partial charge on any atom is -0.355 e. The summed E-state index contributed by atoms with van der Waals surface area (Å²) < 4.78 is 0. The van der Waals surface area contributed by atoms with Gasteiger partial charge in [-0.1, -0.05) is 12.1 Å². The van der Waals surface area contributed by atoms with Gasteiger partial charge in [-0.2, -0.15) is 0 Å². The minimum absolute atomic E-state index is 0.00425. The van der Waals surface area contributed by atoms with Crippen molar-refractivity contribution in [2.75, 3.05) is 23.5 Å². The lowest BCUT2D eigenvalue weighted by atomic mass is 10.2. The van der Waals surface area contributed by atoms with Crippen LogP contribution in [0.3, 0.4) is 0 Å². The predicted molar refractivity (Wildman–Crippen MR) is 72.7 cm³/mol. The highest BCUT2D eigenvalue weighted by molar-refractivity contribution is 5.80. The second kappa shape index (κ2) is 4.24. The van der Waals surface area contributed by atoms with E-state index in [0.29, 0.717) is 12.5 Å². The van der Waals surface area contributed by atoms with Crippen LogP contribution in [0.5, 0.6) is 0 Å². The summed E-state index contributed by atoms with van der Waals surface area (Å²) in [5.41, 5.74) is 2.19. The molecule has 6 nitrogen and oxygen atoms in total. The van der Waals surface area contributed by atoms with Crippen molar-refractivity contribution in [3.05, 3.63) is 52.7 Å². The van der Waals surface area contributed by atoms with Gasteiger partial charge in [-0.05, 0) is 18.2 Å². The van der Waals surface area contributed by atoms with Crippen LogP contribution in [0.25, 0.3) is 0 Å². The van der Waals surface area contributed by atoms with E-state index in [4.69, 9.17) is 0 Å². The Balaban J connectivity index is 1.98. The summed E-state index contributed by atoms with van der Waals surface area (Å²) in [5, 5.41) is 10.6. The molecule has 0 fully saturated rings. The second-order valence-corrected chi connectivity index (χ2v) is 4.39. The van der Waals surface area contributed by atoms with E-state index in [1.807, 2.05) is 36.2 Å². The van der Waals surface area contributed by atoms with Crippen LogP contribution in [-0.2, 0) is 0 Å². The molecule has 0 saturated carbocycles. The molecule has 0 spiro atoms. The van der Waals surface area contributed by atoms with E-state index in [0.717, 1.165) is 11.4 Å². The van der Waals surface area contributed by atoms with Gasteiger partial charge in [0, 0.05) is 13.1 Å². The number of pyridine rings is 1. The van der Waals surface area contributed by atoms with Crippen LogP contribution in [0.15, 0.2) is 42.6 Å². The summed E-state index contributed by atoms with van der Waals surface area (Å²) in [6, 6.07) is 11.2. The highest BCUT2D eigenvalue weighted by atomic mass is 16.6. The Hall–Kier alpha value is -2.63. The van der Waals surface area contributed by atoms with E-state index < -0.39 is 4.92 Å². The average molecular weight is 256 g/mol. The van der Waals surface area contributed by atoms with E-state index >= 15 is 0 Å². The molecule has 19 heavy (non-hydrogen) atoms. The van der Waals surface area contributed by atoms with Gasteiger partial charge in [0.05, 0.1) is 23.0 Å². The van der Waals surface area contributed by atoms with Crippen molar-refractivity contribution in [3.8, 4) is 0 Å². The first-order valence-electron chi connectivity index (χ1n) is 5.85. The minimum atomic E-state index is -0.444. The maximum Gasteiger partial charge on any atom is 0.287 e. The number of nitrogens with zero attached hydrogens (tertiary/aromatic N) is 4. The van der Waals surface area contributed by atoms with Gasteiger partial charge >= 0.3 is 0 Å². The van der Waals surface area contributed by atoms with Gasteiger partial charge in [0.1, 0.15) is 12.0 Å². The third-order valence-electron chi connectivity index (χ3n) is 3.16. The van der Waals surface area contributed by atoms with Crippen LogP contribution in [0.4, 0.5) is 22.9 Å². The predicted octanol–water partition coefficient (Wildman–Crippen LogP) is 2.54. The normalized spacial score (nSPS) is 13.5. The lowest BCUT2D eigenvalue weighted by molar-refractivity contribution is -0.385. The first kappa shape index (κ1) is 11.5. The fourth-order valence-electron chi connectivity index (χ4n) is 2.22. The Morgan fingerprint density at radius 2 is 1.95 bits per heavy atom. The standard InChI is InChI=1S/C13H12N4O2/c1-15-9-16(12-5-3-2-4-11(12)15)13-7-6-10(8-14-13)17(18)19/h2-8H,9H2,1H3. The molecule has 3 rings (SSSR count). The summed E-state index contributed by atoms with van der Waals surface area (Å²) in [6.07, 6.45) is 1.29. The van der Waals surface area contributed by atoms with Crippen molar-refractivity contribution in [2.45, 2.75) is 0 Å². The summed E-state index contributed by atoms with van der Waals surface area (Å²) >= 11 is 0. The van der Waals surface area contributed by atoms with E-state index in [1.54, 1.807) is 6.07 Å². The third-order valence-corrected chi connectivity index (χ3v) is 3.16. The molecule has 0 bridgehead atoms. The van der Waals surface area contributed by atoms with Gasteiger partial charge in [0.15, 0.2) is 0 Å². The van der Waals surface area contributed by atoms with Gasteiger partial charge in [0.25, 0.3) is 5.69 Å². The Bertz CT molecular complexity index is 627. The number of fused-ring (bicyclic) bond motifs is 1. The number of rotatable bonds is 2. The van der Waals surface area contributed by atoms with Crippen molar-refractivity contribution < 1.29 is 4.92 Å². The number of nitro groups is 1. The molecule has 1 aromatic carbocycles. The Kier molecular flexibility index (Phi) is 2.56. The highest BCUT2D eigenvalue weighted by Gasteiger charge is 2.24. The van der Waals surface area contributed by atoms with Crippen LogP contribution in [0, 0.1) is 10.1 Å². The molecule has 2 heterocycles. The average Bonchev–Trinajstić information content (AvgIpc) is 2.77. The number of hydrogen-bond acceptors (Lipinski definition) is 5. The van der Waals surface area contributed by atoms with Crippen molar-refractivity contribution in [2.24, 2.45) is 0 Å². The maximum absolute atomic E-state index is 10.6. The van der Waals surface area contributed by atoms with Crippen molar-refractivity contribution >= 4 is 22.9 Å². The molecule has 1 aliphatic heterocycles. The maximum atomic E-state index is 10.6. The topological polar surface area (TPSA) is 62.5 Å².